The molecule has 0 spiro atoms. The summed E-state index contributed by atoms with van der Waals surface area (Å²) in [5.41, 5.74) is 13.7. The highest BCUT2D eigenvalue weighted by atomic mass is 32.1. The molecule has 2 aromatic rings. The number of rotatable bonds is 5. The number of hydrogen-bond donors (Lipinski definition) is 3. The lowest BCUT2D eigenvalue weighted by atomic mass is 9.96. The number of carbonyl (C=O) groups is 1. The Hall–Kier alpha value is -2.15. The molecule has 0 aliphatic heterocycles. The van der Waals surface area contributed by atoms with Crippen molar-refractivity contribution in [2.24, 2.45) is 0 Å². The van der Waals surface area contributed by atoms with Crippen molar-refractivity contribution in [1.82, 2.24) is 9.97 Å². The maximum Gasteiger partial charge on any atom is 0.345 e. The topological polar surface area (TPSA) is 115 Å². The Morgan fingerprint density at radius 1 is 1.36 bits per heavy atom. The predicted molar refractivity (Wildman–Crippen MR) is 86.1 cm³/mol. The molecule has 1 aliphatic rings. The summed E-state index contributed by atoms with van der Waals surface area (Å²) in [6, 6.07) is 3.57. The highest BCUT2D eigenvalue weighted by molar-refractivity contribution is 7.13. The molecular formula is C15H18N4O2S. The minimum atomic E-state index is -0.858. The van der Waals surface area contributed by atoms with Gasteiger partial charge in [0.05, 0.1) is 5.69 Å². The van der Waals surface area contributed by atoms with Crippen LogP contribution in [0.5, 0.6) is 0 Å². The summed E-state index contributed by atoms with van der Waals surface area (Å²) >= 11 is 1.35. The molecule has 3 rings (SSSR count). The number of carboxylic acids is 1. The SMILES string of the molecule is Nc1nc(N)c2c(n1)CCC2CCCc1ccc(C(=O)O)s1. The lowest BCUT2D eigenvalue weighted by Crippen LogP contribution is -2.07. The fourth-order valence-electron chi connectivity index (χ4n) is 3.08. The molecule has 5 N–H and O–H groups in total. The smallest absolute Gasteiger partial charge is 0.345 e. The quantitative estimate of drug-likeness (QED) is 0.780. The van der Waals surface area contributed by atoms with Crippen LogP contribution in [0.15, 0.2) is 12.1 Å². The highest BCUT2D eigenvalue weighted by Gasteiger charge is 2.27. The molecule has 116 valence electrons. The summed E-state index contributed by atoms with van der Waals surface area (Å²) in [4.78, 5) is 20.7. The standard InChI is InChI=1S/C15H18N4O2S/c16-13-12-8(4-6-10(12)18-15(17)19-13)2-1-3-9-5-7-11(22-9)14(20)21/h5,7-8H,1-4,6H2,(H,20,21)(H4,16,17,18,19). The molecule has 2 heterocycles. The van der Waals surface area contributed by atoms with Crippen molar-refractivity contribution in [3.8, 4) is 0 Å². The lowest BCUT2D eigenvalue weighted by Gasteiger charge is -2.12. The summed E-state index contributed by atoms with van der Waals surface area (Å²) < 4.78 is 0. The number of carboxylic acid groups (broad SMARTS) is 1. The van der Waals surface area contributed by atoms with Crippen LogP contribution in [0.25, 0.3) is 0 Å². The van der Waals surface area contributed by atoms with Gasteiger partial charge in [0, 0.05) is 10.4 Å². The number of hydrogen-bond acceptors (Lipinski definition) is 6. The zero-order valence-corrected chi connectivity index (χ0v) is 12.9. The largest absolute Gasteiger partial charge is 0.477 e. The van der Waals surface area contributed by atoms with Gasteiger partial charge in [0.25, 0.3) is 0 Å². The molecule has 0 radical (unpaired) electrons. The minimum absolute atomic E-state index is 0.247. The maximum atomic E-state index is 10.9. The van der Waals surface area contributed by atoms with E-state index in [9.17, 15) is 4.79 Å². The van der Waals surface area contributed by atoms with E-state index in [0.717, 1.165) is 48.2 Å². The van der Waals surface area contributed by atoms with Crippen LogP contribution in [-0.4, -0.2) is 21.0 Å². The van der Waals surface area contributed by atoms with Crippen LogP contribution in [-0.2, 0) is 12.8 Å². The normalized spacial score (nSPS) is 16.6. The first-order valence-corrected chi connectivity index (χ1v) is 8.10. The van der Waals surface area contributed by atoms with Gasteiger partial charge in [0.1, 0.15) is 10.7 Å². The van der Waals surface area contributed by atoms with Gasteiger partial charge in [-0.3, -0.25) is 0 Å². The van der Waals surface area contributed by atoms with Gasteiger partial charge >= 0.3 is 5.97 Å². The Morgan fingerprint density at radius 2 is 2.18 bits per heavy atom. The third kappa shape index (κ3) is 2.89. The van der Waals surface area contributed by atoms with Gasteiger partial charge in [0.2, 0.25) is 5.95 Å². The van der Waals surface area contributed by atoms with Gasteiger partial charge < -0.3 is 16.6 Å². The zero-order valence-electron chi connectivity index (χ0n) is 12.1. The molecule has 7 heteroatoms. The van der Waals surface area contributed by atoms with Crippen LogP contribution in [0.3, 0.4) is 0 Å². The molecule has 2 aromatic heterocycles. The van der Waals surface area contributed by atoms with Crippen LogP contribution in [0.2, 0.25) is 0 Å². The molecule has 0 saturated carbocycles. The Morgan fingerprint density at radius 3 is 2.91 bits per heavy atom. The molecule has 6 nitrogen and oxygen atoms in total. The van der Waals surface area contributed by atoms with Gasteiger partial charge in [0.15, 0.2) is 0 Å². The molecule has 0 amide bonds. The average Bonchev–Trinajstić information content (AvgIpc) is 3.06. The average molecular weight is 318 g/mol. The number of anilines is 2. The van der Waals surface area contributed by atoms with Crippen molar-refractivity contribution >= 4 is 29.1 Å². The van der Waals surface area contributed by atoms with Crippen molar-refractivity contribution < 1.29 is 9.90 Å². The van der Waals surface area contributed by atoms with E-state index in [2.05, 4.69) is 9.97 Å². The van der Waals surface area contributed by atoms with Crippen LogP contribution in [0.4, 0.5) is 11.8 Å². The first-order chi connectivity index (χ1) is 10.5. The number of nitrogens with zero attached hydrogens (tertiary/aromatic N) is 2. The Balaban J connectivity index is 1.61. The van der Waals surface area contributed by atoms with E-state index < -0.39 is 5.97 Å². The molecular weight excluding hydrogens is 300 g/mol. The van der Waals surface area contributed by atoms with E-state index in [4.69, 9.17) is 16.6 Å². The van der Waals surface area contributed by atoms with Crippen LogP contribution in [0.1, 0.15) is 51.0 Å². The van der Waals surface area contributed by atoms with Crippen molar-refractivity contribution in [1.29, 1.82) is 0 Å². The Kier molecular flexibility index (Phi) is 3.98. The van der Waals surface area contributed by atoms with Crippen LogP contribution in [0, 0.1) is 0 Å². The van der Waals surface area contributed by atoms with Gasteiger partial charge in [-0.1, -0.05) is 0 Å². The fraction of sp³-hybridized carbons (Fsp3) is 0.400. The first-order valence-electron chi connectivity index (χ1n) is 7.28. The van der Waals surface area contributed by atoms with Crippen molar-refractivity contribution in [2.75, 3.05) is 11.5 Å². The van der Waals surface area contributed by atoms with E-state index in [-0.39, 0.29) is 5.95 Å². The summed E-state index contributed by atoms with van der Waals surface area (Å²) in [7, 11) is 0. The third-order valence-electron chi connectivity index (χ3n) is 4.06. The van der Waals surface area contributed by atoms with E-state index in [1.54, 1.807) is 6.07 Å². The summed E-state index contributed by atoms with van der Waals surface area (Å²) in [5.74, 6) is 0.281. The Bertz CT molecular complexity index is 714. The molecule has 22 heavy (non-hydrogen) atoms. The van der Waals surface area contributed by atoms with Gasteiger partial charge in [-0.05, 0) is 50.2 Å². The number of thiophene rings is 1. The number of fused-ring (bicyclic) bond motifs is 1. The second kappa shape index (κ2) is 5.92. The maximum absolute atomic E-state index is 10.9. The zero-order chi connectivity index (χ0) is 15.7. The molecule has 0 bridgehead atoms. The number of aromatic carboxylic acids is 1. The monoisotopic (exact) mass is 318 g/mol. The van der Waals surface area contributed by atoms with Crippen LogP contribution >= 0.6 is 11.3 Å². The van der Waals surface area contributed by atoms with E-state index in [0.29, 0.717) is 16.6 Å². The van der Waals surface area contributed by atoms with E-state index in [1.807, 2.05) is 6.07 Å². The van der Waals surface area contributed by atoms with Crippen molar-refractivity contribution in [3.63, 3.8) is 0 Å². The fourth-order valence-corrected chi connectivity index (χ4v) is 3.97. The second-order valence-electron chi connectivity index (χ2n) is 5.53. The van der Waals surface area contributed by atoms with Gasteiger partial charge in [-0.25, -0.2) is 9.78 Å². The highest BCUT2D eigenvalue weighted by Crippen LogP contribution is 2.38. The third-order valence-corrected chi connectivity index (χ3v) is 5.19. The summed E-state index contributed by atoms with van der Waals surface area (Å²) in [6.45, 7) is 0. The molecule has 1 aliphatic carbocycles. The number of aryl methyl sites for hydroxylation is 2. The van der Waals surface area contributed by atoms with Crippen molar-refractivity contribution in [3.05, 3.63) is 33.1 Å². The van der Waals surface area contributed by atoms with Gasteiger partial charge in [-0.15, -0.1) is 11.3 Å². The summed E-state index contributed by atoms with van der Waals surface area (Å²) in [6.07, 6.45) is 4.82. The van der Waals surface area contributed by atoms with E-state index in [1.165, 1.54) is 11.3 Å². The Labute approximate surface area is 132 Å². The molecule has 1 atom stereocenters. The predicted octanol–water partition coefficient (Wildman–Crippen LogP) is 2.45. The number of nitrogen functional groups attached to an aromatic ring is 2. The second-order valence-corrected chi connectivity index (χ2v) is 6.69. The number of aromatic nitrogens is 2. The number of nitrogens with two attached hydrogens (primary N) is 2. The van der Waals surface area contributed by atoms with Crippen LogP contribution < -0.4 is 11.5 Å². The lowest BCUT2D eigenvalue weighted by molar-refractivity contribution is 0.0702. The van der Waals surface area contributed by atoms with Crippen molar-refractivity contribution in [2.45, 2.75) is 38.0 Å². The van der Waals surface area contributed by atoms with Gasteiger partial charge in [-0.2, -0.15) is 4.98 Å². The molecule has 0 fully saturated rings. The summed E-state index contributed by atoms with van der Waals surface area (Å²) in [5, 5.41) is 8.93. The first kappa shape index (κ1) is 14.8. The molecule has 0 aromatic carbocycles. The molecule has 0 saturated heterocycles. The molecule has 1 unspecified atom stereocenters. The van der Waals surface area contributed by atoms with E-state index >= 15 is 0 Å². The minimum Gasteiger partial charge on any atom is -0.477 e.